The fourth-order valence-corrected chi connectivity index (χ4v) is 5.40. The lowest BCUT2D eigenvalue weighted by Gasteiger charge is -2.26. The lowest BCUT2D eigenvalue weighted by molar-refractivity contribution is 0.499. The first kappa shape index (κ1) is 11.0. The van der Waals surface area contributed by atoms with Crippen molar-refractivity contribution in [3.05, 3.63) is 0 Å². The molecule has 5 heteroatoms. The molecule has 72 valence electrons. The first-order chi connectivity index (χ1) is 5.58. The van der Waals surface area contributed by atoms with E-state index in [4.69, 9.17) is 0 Å². The van der Waals surface area contributed by atoms with Crippen molar-refractivity contribution < 1.29 is 8.42 Å². The van der Waals surface area contributed by atoms with Gasteiger partial charge in [-0.3, -0.25) is 0 Å². The minimum Gasteiger partial charge on any atom is -0.228 e. The van der Waals surface area contributed by atoms with Crippen LogP contribution in [0, 0.1) is 0 Å². The van der Waals surface area contributed by atoms with E-state index in [1.165, 1.54) is 0 Å². The molecule has 0 aromatic heterocycles. The molecule has 1 rings (SSSR count). The molecule has 1 aliphatic carbocycles. The summed E-state index contributed by atoms with van der Waals surface area (Å²) >= 11 is 6.46. The second-order valence-corrected chi connectivity index (χ2v) is 7.81. The highest BCUT2D eigenvalue weighted by Gasteiger charge is 2.32. The second kappa shape index (κ2) is 4.42. The minimum absolute atomic E-state index is 0.0900. The molecule has 0 saturated heterocycles. The Hall–Kier alpha value is 0.910. The molecule has 2 unspecified atom stereocenters. The summed E-state index contributed by atoms with van der Waals surface area (Å²) < 4.78 is 23.1. The van der Waals surface area contributed by atoms with E-state index in [1.807, 2.05) is 0 Å². The molecule has 0 amide bonds. The number of alkyl halides is 2. The summed E-state index contributed by atoms with van der Waals surface area (Å²) in [5, 5.41) is -0.175. The van der Waals surface area contributed by atoms with Crippen LogP contribution in [0.25, 0.3) is 0 Å². The molecule has 1 aliphatic rings. The molecular formula is C7H12Br2O2S. The van der Waals surface area contributed by atoms with E-state index in [0.29, 0.717) is 0 Å². The molecule has 0 spiro atoms. The monoisotopic (exact) mass is 318 g/mol. The van der Waals surface area contributed by atoms with Crippen molar-refractivity contribution in [1.82, 2.24) is 0 Å². The molecule has 0 aromatic rings. The smallest absolute Gasteiger partial charge is 0.164 e. The van der Waals surface area contributed by atoms with Gasteiger partial charge in [0.1, 0.15) is 4.66 Å². The van der Waals surface area contributed by atoms with Crippen molar-refractivity contribution in [1.29, 1.82) is 0 Å². The number of hydrogen-bond acceptors (Lipinski definition) is 2. The van der Waals surface area contributed by atoms with Crippen LogP contribution in [0.15, 0.2) is 0 Å². The zero-order chi connectivity index (χ0) is 9.19. The van der Waals surface area contributed by atoms with Crippen LogP contribution in [0.3, 0.4) is 0 Å². The predicted molar refractivity (Wildman–Crippen MR) is 57.7 cm³/mol. The molecule has 2 atom stereocenters. The van der Waals surface area contributed by atoms with Crippen LogP contribution in [0.1, 0.15) is 25.7 Å². The largest absolute Gasteiger partial charge is 0.228 e. The Bertz CT molecular complexity index is 238. The third-order valence-corrected chi connectivity index (χ3v) is 7.39. The van der Waals surface area contributed by atoms with Gasteiger partial charge in [0.25, 0.3) is 0 Å². The average Bonchev–Trinajstić information content (AvgIpc) is 2.05. The van der Waals surface area contributed by atoms with Crippen molar-refractivity contribution in [3.63, 3.8) is 0 Å². The third kappa shape index (κ3) is 2.45. The second-order valence-electron chi connectivity index (χ2n) is 3.11. The van der Waals surface area contributed by atoms with Crippen LogP contribution in [0.2, 0.25) is 0 Å². The van der Waals surface area contributed by atoms with Gasteiger partial charge in [-0.15, -0.1) is 0 Å². The Kier molecular flexibility index (Phi) is 4.05. The number of hydrogen-bond donors (Lipinski definition) is 0. The van der Waals surface area contributed by atoms with Gasteiger partial charge in [-0.2, -0.15) is 0 Å². The first-order valence-corrected chi connectivity index (χ1v) is 7.75. The molecule has 0 bridgehead atoms. The summed E-state index contributed by atoms with van der Waals surface area (Å²) in [6.45, 7) is 0. The summed E-state index contributed by atoms with van der Waals surface area (Å²) in [7, 11) is -2.90. The van der Waals surface area contributed by atoms with Gasteiger partial charge in [0.15, 0.2) is 9.84 Å². The lowest BCUT2D eigenvalue weighted by Crippen LogP contribution is -2.33. The van der Waals surface area contributed by atoms with Crippen molar-refractivity contribution in [2.75, 3.05) is 4.66 Å². The predicted octanol–water partition coefficient (Wildman–Crippen LogP) is 2.46. The van der Waals surface area contributed by atoms with Gasteiger partial charge in [-0.25, -0.2) is 8.42 Å². The average molecular weight is 320 g/mol. The van der Waals surface area contributed by atoms with Gasteiger partial charge >= 0.3 is 0 Å². The zero-order valence-electron chi connectivity index (χ0n) is 6.67. The highest BCUT2D eigenvalue weighted by molar-refractivity contribution is 9.11. The molecule has 1 saturated carbocycles. The van der Waals surface area contributed by atoms with E-state index in [0.717, 1.165) is 25.7 Å². The summed E-state index contributed by atoms with van der Waals surface area (Å²) in [5.41, 5.74) is 0. The van der Waals surface area contributed by atoms with E-state index in [-0.39, 0.29) is 14.7 Å². The Morgan fingerprint density at radius 3 is 2.33 bits per heavy atom. The molecule has 0 radical (unpaired) electrons. The number of halogens is 2. The maximum absolute atomic E-state index is 11.5. The molecule has 0 N–H and O–H groups in total. The molecule has 2 nitrogen and oxygen atoms in total. The van der Waals surface area contributed by atoms with Gasteiger partial charge in [-0.05, 0) is 12.8 Å². The maximum atomic E-state index is 11.5. The Morgan fingerprint density at radius 1 is 1.25 bits per heavy atom. The van der Waals surface area contributed by atoms with Gasteiger partial charge in [0, 0.05) is 4.83 Å². The van der Waals surface area contributed by atoms with Crippen molar-refractivity contribution in [2.24, 2.45) is 0 Å². The SMILES string of the molecule is O=S(=O)(CBr)C1CCCCC1Br. The lowest BCUT2D eigenvalue weighted by atomic mass is 10.0. The molecule has 12 heavy (non-hydrogen) atoms. The summed E-state index contributed by atoms with van der Waals surface area (Å²) in [5.74, 6) is 0. The molecule has 0 aliphatic heterocycles. The Balaban J connectivity index is 2.72. The highest BCUT2D eigenvalue weighted by atomic mass is 79.9. The molecule has 0 heterocycles. The van der Waals surface area contributed by atoms with Gasteiger partial charge < -0.3 is 0 Å². The van der Waals surface area contributed by atoms with Gasteiger partial charge in [0.2, 0.25) is 0 Å². The minimum atomic E-state index is -2.90. The van der Waals surface area contributed by atoms with Crippen LogP contribution in [-0.4, -0.2) is 23.2 Å². The van der Waals surface area contributed by atoms with Gasteiger partial charge in [0.05, 0.1) is 5.25 Å². The highest BCUT2D eigenvalue weighted by Crippen LogP contribution is 2.30. The standard InChI is InChI=1S/C7H12Br2O2S/c8-5-12(10,11)7-4-2-1-3-6(7)9/h6-7H,1-5H2. The quantitative estimate of drug-likeness (QED) is 0.733. The van der Waals surface area contributed by atoms with E-state index < -0.39 is 9.84 Å². The first-order valence-electron chi connectivity index (χ1n) is 3.99. The van der Waals surface area contributed by atoms with E-state index >= 15 is 0 Å². The van der Waals surface area contributed by atoms with Crippen LogP contribution >= 0.6 is 31.9 Å². The fourth-order valence-electron chi connectivity index (χ4n) is 1.54. The van der Waals surface area contributed by atoms with E-state index in [1.54, 1.807) is 0 Å². The topological polar surface area (TPSA) is 34.1 Å². The van der Waals surface area contributed by atoms with Crippen LogP contribution in [0.5, 0.6) is 0 Å². The van der Waals surface area contributed by atoms with Crippen LogP contribution in [-0.2, 0) is 9.84 Å². The van der Waals surface area contributed by atoms with Crippen molar-refractivity contribution >= 4 is 41.7 Å². The van der Waals surface area contributed by atoms with E-state index in [9.17, 15) is 8.42 Å². The normalized spacial score (nSPS) is 31.8. The third-order valence-electron chi connectivity index (χ3n) is 2.24. The molecular weight excluding hydrogens is 308 g/mol. The summed E-state index contributed by atoms with van der Waals surface area (Å²) in [4.78, 5) is 0.161. The maximum Gasteiger partial charge on any atom is 0.164 e. The van der Waals surface area contributed by atoms with Gasteiger partial charge in [-0.1, -0.05) is 44.7 Å². The summed E-state index contributed by atoms with van der Waals surface area (Å²) in [6.07, 6.45) is 3.98. The fraction of sp³-hybridized carbons (Fsp3) is 1.00. The van der Waals surface area contributed by atoms with Crippen molar-refractivity contribution in [3.8, 4) is 0 Å². The number of rotatable bonds is 2. The Morgan fingerprint density at radius 2 is 1.83 bits per heavy atom. The number of sulfone groups is 1. The van der Waals surface area contributed by atoms with E-state index in [2.05, 4.69) is 31.9 Å². The van der Waals surface area contributed by atoms with Crippen molar-refractivity contribution in [2.45, 2.75) is 35.8 Å². The Labute approximate surface area is 90.3 Å². The van der Waals surface area contributed by atoms with Crippen LogP contribution in [0.4, 0.5) is 0 Å². The van der Waals surface area contributed by atoms with Crippen LogP contribution < -0.4 is 0 Å². The summed E-state index contributed by atoms with van der Waals surface area (Å²) in [6, 6.07) is 0. The zero-order valence-corrected chi connectivity index (χ0v) is 10.7. The molecule has 0 aromatic carbocycles. The molecule has 1 fully saturated rings.